The second-order valence-electron chi connectivity index (χ2n) is 7.94. The number of halogens is 2. The van der Waals surface area contributed by atoms with Crippen LogP contribution in [0.1, 0.15) is 21.5 Å². The van der Waals surface area contributed by atoms with Crippen molar-refractivity contribution in [3.05, 3.63) is 94.3 Å². The number of nitrogens with one attached hydrogen (secondary N) is 3. The Hall–Kier alpha value is -3.43. The first-order chi connectivity index (χ1) is 16.2. The first-order valence-corrected chi connectivity index (χ1v) is 12.6. The van der Waals surface area contributed by atoms with Gasteiger partial charge in [0.15, 0.2) is 9.84 Å². The van der Waals surface area contributed by atoms with Crippen LogP contribution < -0.4 is 16.0 Å². The second-order valence-corrected chi connectivity index (χ2v) is 10.5. The molecule has 1 heterocycles. The fourth-order valence-electron chi connectivity index (χ4n) is 3.54. The fraction of sp³-hybridized carbons (Fsp3) is 0.167. The number of carbonyl (C=O) groups excluding carboxylic acids is 2. The summed E-state index contributed by atoms with van der Waals surface area (Å²) < 4.78 is 38.2. The molecule has 34 heavy (non-hydrogen) atoms. The number of hydrogen-bond acceptors (Lipinski definition) is 5. The summed E-state index contributed by atoms with van der Waals surface area (Å²) >= 11 is 5.86. The first kappa shape index (κ1) is 23.7. The zero-order valence-corrected chi connectivity index (χ0v) is 19.4. The van der Waals surface area contributed by atoms with Crippen LogP contribution in [0, 0.1) is 5.82 Å². The minimum Gasteiger partial charge on any atom is -0.371 e. The number of sulfone groups is 1. The van der Waals surface area contributed by atoms with E-state index in [-0.39, 0.29) is 11.7 Å². The Kier molecular flexibility index (Phi) is 6.85. The maximum atomic E-state index is 13.1. The summed E-state index contributed by atoms with van der Waals surface area (Å²) in [7, 11) is -3.66. The average molecular weight is 502 g/mol. The van der Waals surface area contributed by atoms with E-state index in [0.29, 0.717) is 34.1 Å². The Balaban J connectivity index is 1.40. The van der Waals surface area contributed by atoms with E-state index in [1.54, 1.807) is 24.3 Å². The number of carbonyl (C=O) groups is 2. The van der Waals surface area contributed by atoms with Crippen molar-refractivity contribution in [2.45, 2.75) is 18.3 Å². The maximum Gasteiger partial charge on any atom is 0.251 e. The molecule has 1 unspecified atom stereocenters. The van der Waals surface area contributed by atoms with Crippen molar-refractivity contribution < 1.29 is 22.4 Å². The molecule has 0 saturated carbocycles. The van der Waals surface area contributed by atoms with Crippen LogP contribution in [0.3, 0.4) is 0 Å². The Morgan fingerprint density at radius 2 is 1.65 bits per heavy atom. The Labute approximate surface area is 201 Å². The quantitative estimate of drug-likeness (QED) is 0.457. The van der Waals surface area contributed by atoms with Gasteiger partial charge in [-0.15, -0.1) is 0 Å². The summed E-state index contributed by atoms with van der Waals surface area (Å²) in [5, 5.41) is 9.01. The van der Waals surface area contributed by atoms with Crippen molar-refractivity contribution in [2.24, 2.45) is 0 Å². The lowest BCUT2D eigenvalue weighted by Gasteiger charge is -2.27. The third-order valence-electron chi connectivity index (χ3n) is 5.27. The smallest absolute Gasteiger partial charge is 0.251 e. The minimum absolute atomic E-state index is 0.307. The molecule has 0 spiro atoms. The predicted octanol–water partition coefficient (Wildman–Crippen LogP) is 3.76. The molecular weight excluding hydrogens is 481 g/mol. The molecule has 0 saturated heterocycles. The minimum atomic E-state index is -3.66. The zero-order chi connectivity index (χ0) is 24.3. The molecule has 0 bridgehead atoms. The molecular formula is C24H21ClFN3O4S. The number of anilines is 2. The van der Waals surface area contributed by atoms with E-state index in [2.05, 4.69) is 16.0 Å². The van der Waals surface area contributed by atoms with Crippen molar-refractivity contribution in [1.29, 1.82) is 0 Å². The third kappa shape index (κ3) is 5.92. The largest absolute Gasteiger partial charge is 0.371 e. The molecule has 176 valence electrons. The van der Waals surface area contributed by atoms with Crippen LogP contribution >= 0.6 is 11.6 Å². The summed E-state index contributed by atoms with van der Waals surface area (Å²) in [6, 6.07) is 16.0. The topological polar surface area (TPSA) is 104 Å². The summed E-state index contributed by atoms with van der Waals surface area (Å²) in [5.41, 5.74) is 2.56. The van der Waals surface area contributed by atoms with E-state index in [1.165, 1.54) is 30.3 Å². The number of hydrogen-bond donors (Lipinski definition) is 3. The van der Waals surface area contributed by atoms with Gasteiger partial charge in [-0.05, 0) is 53.6 Å². The predicted molar refractivity (Wildman–Crippen MR) is 129 cm³/mol. The van der Waals surface area contributed by atoms with Gasteiger partial charge in [0.1, 0.15) is 11.9 Å². The summed E-state index contributed by atoms with van der Waals surface area (Å²) in [6.07, 6.45) is 0. The van der Waals surface area contributed by atoms with Gasteiger partial charge in [0.2, 0.25) is 5.91 Å². The molecule has 1 atom stereocenters. The molecule has 3 aromatic carbocycles. The van der Waals surface area contributed by atoms with Crippen molar-refractivity contribution in [1.82, 2.24) is 5.32 Å². The lowest BCUT2D eigenvalue weighted by molar-refractivity contribution is -0.116. The molecule has 2 amide bonds. The molecule has 7 nitrogen and oxygen atoms in total. The second kappa shape index (κ2) is 9.82. The van der Waals surface area contributed by atoms with Gasteiger partial charge in [0.25, 0.3) is 5.91 Å². The van der Waals surface area contributed by atoms with Crippen LogP contribution in [0.25, 0.3) is 0 Å². The van der Waals surface area contributed by atoms with E-state index >= 15 is 0 Å². The van der Waals surface area contributed by atoms with Gasteiger partial charge >= 0.3 is 0 Å². The van der Waals surface area contributed by atoms with Gasteiger partial charge in [0.05, 0.1) is 22.9 Å². The molecule has 1 aliphatic heterocycles. The SMILES string of the molecule is O=C(NCc1ccc(Cl)cc1)c1ccc2c(c1)NC(=O)C(CS(=O)(=O)Cc1ccc(F)cc1)N2. The summed E-state index contributed by atoms with van der Waals surface area (Å²) in [4.78, 5) is 25.1. The van der Waals surface area contributed by atoms with Crippen LogP contribution in [0.15, 0.2) is 66.7 Å². The van der Waals surface area contributed by atoms with Gasteiger partial charge in [-0.2, -0.15) is 0 Å². The number of amides is 2. The monoisotopic (exact) mass is 501 g/mol. The number of rotatable bonds is 7. The van der Waals surface area contributed by atoms with Crippen molar-refractivity contribution in [3.63, 3.8) is 0 Å². The summed E-state index contributed by atoms with van der Waals surface area (Å²) in [5.74, 6) is -2.04. The van der Waals surface area contributed by atoms with Crippen LogP contribution in [0.4, 0.5) is 15.8 Å². The van der Waals surface area contributed by atoms with Gasteiger partial charge in [-0.1, -0.05) is 35.9 Å². The van der Waals surface area contributed by atoms with E-state index < -0.39 is 33.4 Å². The lowest BCUT2D eigenvalue weighted by atomic mass is 10.1. The van der Waals surface area contributed by atoms with Crippen LogP contribution in [0.5, 0.6) is 0 Å². The van der Waals surface area contributed by atoms with Crippen molar-refractivity contribution >= 4 is 44.6 Å². The molecule has 1 aliphatic rings. The van der Waals surface area contributed by atoms with Gasteiger partial charge in [-0.3, -0.25) is 9.59 Å². The van der Waals surface area contributed by atoms with Crippen LogP contribution in [-0.2, 0) is 26.9 Å². The molecule has 0 radical (unpaired) electrons. The molecule has 3 aromatic rings. The Bertz CT molecular complexity index is 1330. The molecule has 10 heteroatoms. The van der Waals surface area contributed by atoms with Gasteiger partial charge in [-0.25, -0.2) is 12.8 Å². The first-order valence-electron chi connectivity index (χ1n) is 10.4. The van der Waals surface area contributed by atoms with E-state index in [1.807, 2.05) is 12.1 Å². The highest BCUT2D eigenvalue weighted by atomic mass is 35.5. The zero-order valence-electron chi connectivity index (χ0n) is 17.8. The van der Waals surface area contributed by atoms with Gasteiger partial charge in [0, 0.05) is 17.1 Å². The van der Waals surface area contributed by atoms with E-state index in [9.17, 15) is 22.4 Å². The standard InChI is InChI=1S/C24H21ClFN3O4S/c25-18-6-1-15(2-7-18)12-27-23(30)17-5-10-20-21(11-17)29-24(31)22(28-20)14-34(32,33)13-16-3-8-19(26)9-4-16/h1-11,22,28H,12-14H2,(H,27,30)(H,29,31). The molecule has 0 fully saturated rings. The summed E-state index contributed by atoms with van der Waals surface area (Å²) in [6.45, 7) is 0.311. The molecule has 3 N–H and O–H groups in total. The third-order valence-corrected chi connectivity index (χ3v) is 7.14. The number of fused-ring (bicyclic) bond motifs is 1. The highest BCUT2D eigenvalue weighted by Crippen LogP contribution is 2.28. The Morgan fingerprint density at radius 1 is 0.971 bits per heavy atom. The Morgan fingerprint density at radius 3 is 2.35 bits per heavy atom. The highest BCUT2D eigenvalue weighted by Gasteiger charge is 2.30. The normalized spacial score (nSPS) is 15.1. The van der Waals surface area contributed by atoms with Gasteiger partial charge < -0.3 is 16.0 Å². The van der Waals surface area contributed by atoms with Crippen molar-refractivity contribution in [2.75, 3.05) is 16.4 Å². The fourth-order valence-corrected chi connectivity index (χ4v) is 5.23. The van der Waals surface area contributed by atoms with E-state index in [4.69, 9.17) is 11.6 Å². The van der Waals surface area contributed by atoms with Crippen LogP contribution in [0.2, 0.25) is 5.02 Å². The molecule has 0 aliphatic carbocycles. The van der Waals surface area contributed by atoms with Crippen LogP contribution in [-0.4, -0.2) is 32.0 Å². The number of benzene rings is 3. The molecule has 4 rings (SSSR count). The maximum absolute atomic E-state index is 13.1. The average Bonchev–Trinajstić information content (AvgIpc) is 2.80. The highest BCUT2D eigenvalue weighted by molar-refractivity contribution is 7.90. The lowest BCUT2D eigenvalue weighted by Crippen LogP contribution is -2.43. The molecule has 0 aromatic heterocycles. The van der Waals surface area contributed by atoms with Crippen molar-refractivity contribution in [3.8, 4) is 0 Å². The van der Waals surface area contributed by atoms with E-state index in [0.717, 1.165) is 5.56 Å².